The predicted molar refractivity (Wildman–Crippen MR) is 65.5 cm³/mol. The van der Waals surface area contributed by atoms with Crippen LogP contribution in [0.2, 0.25) is 0 Å². The number of amides is 1. The van der Waals surface area contributed by atoms with Crippen LogP contribution < -0.4 is 34.7 Å². The zero-order valence-electron chi connectivity index (χ0n) is 12.3. The molecule has 1 atom stereocenters. The normalized spacial score (nSPS) is 11.5. The van der Waals surface area contributed by atoms with Gasteiger partial charge in [0.2, 0.25) is 5.91 Å². The first-order chi connectivity index (χ1) is 8.43. The summed E-state index contributed by atoms with van der Waals surface area (Å²) < 4.78 is 12.5. The number of hydrogen-bond donors (Lipinski definition) is 0. The molecule has 1 amide bonds. The van der Waals surface area contributed by atoms with Gasteiger partial charge in [0.1, 0.15) is 0 Å². The van der Waals surface area contributed by atoms with Gasteiger partial charge in [-0.25, -0.2) is 4.39 Å². The van der Waals surface area contributed by atoms with E-state index in [9.17, 15) is 19.1 Å². The van der Waals surface area contributed by atoms with E-state index in [4.69, 9.17) is 0 Å². The third-order valence-electron chi connectivity index (χ3n) is 2.78. The third-order valence-corrected chi connectivity index (χ3v) is 2.78. The number of nitrogens with zero attached hydrogens (tertiary/aromatic N) is 1. The molecule has 0 aliphatic rings. The van der Waals surface area contributed by atoms with Crippen LogP contribution in [0.25, 0.3) is 0 Å². The first-order valence-electron chi connectivity index (χ1n) is 6.51. The van der Waals surface area contributed by atoms with Crippen molar-refractivity contribution in [2.45, 2.75) is 58.0 Å². The summed E-state index contributed by atoms with van der Waals surface area (Å²) in [7, 11) is 1.46. The zero-order valence-corrected chi connectivity index (χ0v) is 14.3. The third kappa shape index (κ3) is 14.1. The van der Waals surface area contributed by atoms with Crippen molar-refractivity contribution in [3.05, 3.63) is 0 Å². The standard InChI is InChI=1S/C13H24FNO3.Na/c1-11(14)8-6-4-3-5-7-9-12(16)15(2)10-13(17)18;/h11H,3-10H2,1-2H3,(H,17,18);/q;+1/p-1. The van der Waals surface area contributed by atoms with Crippen LogP contribution in [0.5, 0.6) is 0 Å². The molecule has 0 aliphatic heterocycles. The molecule has 0 N–H and O–H groups in total. The van der Waals surface area contributed by atoms with Crippen molar-refractivity contribution in [1.29, 1.82) is 0 Å². The van der Waals surface area contributed by atoms with Gasteiger partial charge in [-0.3, -0.25) is 4.79 Å². The maximum atomic E-state index is 12.5. The summed E-state index contributed by atoms with van der Waals surface area (Å²) in [5.41, 5.74) is 0. The first-order valence-corrected chi connectivity index (χ1v) is 6.51. The number of rotatable bonds is 10. The largest absolute Gasteiger partial charge is 1.00 e. The summed E-state index contributed by atoms with van der Waals surface area (Å²) in [6, 6.07) is 0. The maximum absolute atomic E-state index is 12.5. The fourth-order valence-electron chi connectivity index (χ4n) is 1.70. The molecular formula is C13H23FNNaO3. The van der Waals surface area contributed by atoms with E-state index in [1.54, 1.807) is 6.92 Å². The monoisotopic (exact) mass is 283 g/mol. The quantitative estimate of drug-likeness (QED) is 0.354. The van der Waals surface area contributed by atoms with Crippen LogP contribution in [0.1, 0.15) is 51.9 Å². The van der Waals surface area contributed by atoms with Crippen LogP contribution in [0.4, 0.5) is 4.39 Å². The molecule has 0 heterocycles. The predicted octanol–water partition coefficient (Wildman–Crippen LogP) is -1.71. The molecule has 0 radical (unpaired) electrons. The Labute approximate surface area is 137 Å². The first kappa shape index (κ1) is 21.2. The van der Waals surface area contributed by atoms with E-state index in [0.29, 0.717) is 12.8 Å². The molecule has 0 saturated heterocycles. The molecule has 0 aromatic carbocycles. The van der Waals surface area contributed by atoms with Crippen molar-refractivity contribution in [2.24, 2.45) is 0 Å². The van der Waals surface area contributed by atoms with E-state index >= 15 is 0 Å². The number of carbonyl (C=O) groups is 2. The number of unbranched alkanes of at least 4 members (excludes halogenated alkanes) is 4. The average Bonchev–Trinajstić information content (AvgIpc) is 2.26. The number of likely N-dealkylation sites (N-methyl/N-ethyl adjacent to an activating group) is 1. The fourth-order valence-corrected chi connectivity index (χ4v) is 1.70. The van der Waals surface area contributed by atoms with Crippen LogP contribution in [-0.2, 0) is 9.59 Å². The molecule has 1 unspecified atom stereocenters. The van der Waals surface area contributed by atoms with Crippen molar-refractivity contribution in [3.63, 3.8) is 0 Å². The Hall–Kier alpha value is -0.130. The van der Waals surface area contributed by atoms with Gasteiger partial charge in [0.25, 0.3) is 0 Å². The Morgan fingerprint density at radius 2 is 1.68 bits per heavy atom. The van der Waals surface area contributed by atoms with E-state index in [1.807, 2.05) is 0 Å². The maximum Gasteiger partial charge on any atom is 1.00 e. The number of aliphatic carboxylic acids is 1. The molecule has 0 fully saturated rings. The molecule has 0 saturated carbocycles. The number of hydrogen-bond acceptors (Lipinski definition) is 3. The molecule has 4 nitrogen and oxygen atoms in total. The summed E-state index contributed by atoms with van der Waals surface area (Å²) >= 11 is 0. The number of carboxylic acids is 1. The molecule has 19 heavy (non-hydrogen) atoms. The molecule has 6 heteroatoms. The number of halogens is 1. The molecule has 0 spiro atoms. The van der Waals surface area contributed by atoms with E-state index in [1.165, 1.54) is 11.9 Å². The second kappa shape index (κ2) is 12.9. The molecule has 0 aromatic rings. The summed E-state index contributed by atoms with van der Waals surface area (Å²) in [6.07, 6.45) is 4.77. The molecular weight excluding hydrogens is 260 g/mol. The molecule has 0 rings (SSSR count). The smallest absolute Gasteiger partial charge is 0.548 e. The minimum absolute atomic E-state index is 0. The van der Waals surface area contributed by atoms with Gasteiger partial charge >= 0.3 is 29.6 Å². The van der Waals surface area contributed by atoms with Gasteiger partial charge in [-0.05, 0) is 19.8 Å². The van der Waals surface area contributed by atoms with Gasteiger partial charge in [0.15, 0.2) is 0 Å². The van der Waals surface area contributed by atoms with Crippen molar-refractivity contribution in [3.8, 4) is 0 Å². The minimum Gasteiger partial charge on any atom is -0.548 e. The molecule has 0 aromatic heterocycles. The van der Waals surface area contributed by atoms with Crippen molar-refractivity contribution < 1.29 is 48.6 Å². The summed E-state index contributed by atoms with van der Waals surface area (Å²) in [4.78, 5) is 22.9. The van der Waals surface area contributed by atoms with Gasteiger partial charge in [0, 0.05) is 13.5 Å². The second-order valence-corrected chi connectivity index (χ2v) is 4.71. The Balaban J connectivity index is 0. The number of carbonyl (C=O) groups excluding carboxylic acids is 2. The van der Waals surface area contributed by atoms with Gasteiger partial charge in [-0.1, -0.05) is 25.7 Å². The number of alkyl halides is 1. The zero-order chi connectivity index (χ0) is 14.0. The summed E-state index contributed by atoms with van der Waals surface area (Å²) in [5.74, 6) is -1.41. The van der Waals surface area contributed by atoms with Crippen LogP contribution in [0.15, 0.2) is 0 Å². The van der Waals surface area contributed by atoms with Crippen molar-refractivity contribution >= 4 is 11.9 Å². The van der Waals surface area contributed by atoms with Gasteiger partial charge in [0.05, 0.1) is 18.7 Å². The van der Waals surface area contributed by atoms with E-state index in [-0.39, 0.29) is 42.0 Å². The van der Waals surface area contributed by atoms with Gasteiger partial charge < -0.3 is 14.8 Å². The summed E-state index contributed by atoms with van der Waals surface area (Å²) in [6.45, 7) is 1.21. The molecule has 0 aliphatic carbocycles. The Bertz CT molecular complexity index is 262. The van der Waals surface area contributed by atoms with E-state index in [0.717, 1.165) is 32.1 Å². The van der Waals surface area contributed by atoms with Crippen LogP contribution in [0.3, 0.4) is 0 Å². The molecule has 106 valence electrons. The minimum atomic E-state index is -1.24. The topological polar surface area (TPSA) is 60.4 Å². The average molecular weight is 283 g/mol. The molecule has 0 bridgehead atoms. The van der Waals surface area contributed by atoms with E-state index < -0.39 is 12.1 Å². The summed E-state index contributed by atoms with van der Waals surface area (Å²) in [5, 5.41) is 10.3. The Morgan fingerprint density at radius 1 is 1.16 bits per heavy atom. The van der Waals surface area contributed by atoms with Crippen LogP contribution in [0, 0.1) is 0 Å². The van der Waals surface area contributed by atoms with E-state index in [2.05, 4.69) is 0 Å². The van der Waals surface area contributed by atoms with Crippen molar-refractivity contribution in [1.82, 2.24) is 4.90 Å². The van der Waals surface area contributed by atoms with Crippen LogP contribution >= 0.6 is 0 Å². The van der Waals surface area contributed by atoms with Gasteiger partial charge in [-0.2, -0.15) is 0 Å². The van der Waals surface area contributed by atoms with Crippen molar-refractivity contribution in [2.75, 3.05) is 13.6 Å². The fraction of sp³-hybridized carbons (Fsp3) is 0.846. The van der Waals surface area contributed by atoms with Gasteiger partial charge in [-0.15, -0.1) is 0 Å². The number of carboxylic acid groups (broad SMARTS) is 1. The van der Waals surface area contributed by atoms with Crippen LogP contribution in [-0.4, -0.2) is 36.5 Å². The second-order valence-electron chi connectivity index (χ2n) is 4.71. The Morgan fingerprint density at radius 3 is 2.21 bits per heavy atom. The SMILES string of the molecule is CC(F)CCCCCCCC(=O)N(C)CC(=O)[O-].[Na+]. The Kier molecular flexibility index (Phi) is 14.4.